The zero-order valence-electron chi connectivity index (χ0n) is 12.8. The second kappa shape index (κ2) is 7.89. The number of halogens is 1. The van der Waals surface area contributed by atoms with Gasteiger partial charge in [0.2, 0.25) is 0 Å². The Morgan fingerprint density at radius 1 is 1.09 bits per heavy atom. The van der Waals surface area contributed by atoms with Crippen LogP contribution in [-0.4, -0.2) is 47.2 Å². The Balaban J connectivity index is 0.00000192. The summed E-state index contributed by atoms with van der Waals surface area (Å²) in [5.41, 5.74) is 7.32. The zero-order chi connectivity index (χ0) is 15.4. The van der Waals surface area contributed by atoms with E-state index in [1.165, 1.54) is 0 Å². The van der Waals surface area contributed by atoms with Crippen molar-refractivity contribution in [1.29, 1.82) is 0 Å². The molecule has 1 saturated heterocycles. The van der Waals surface area contributed by atoms with Crippen molar-refractivity contribution in [3.8, 4) is 0 Å². The Morgan fingerprint density at radius 2 is 1.78 bits per heavy atom. The maximum atomic E-state index is 12.5. The van der Waals surface area contributed by atoms with Crippen molar-refractivity contribution < 1.29 is 4.79 Å². The SMILES string of the molecule is Cl.NCc1ccc(C(=O)N2CCN(c3cccnn3)CC2)cc1. The first kappa shape index (κ1) is 17.2. The number of carbonyl (C=O) groups excluding carboxylic acids is 1. The molecule has 7 heteroatoms. The van der Waals surface area contributed by atoms with Crippen molar-refractivity contribution in [2.45, 2.75) is 6.54 Å². The minimum absolute atomic E-state index is 0. The molecule has 2 heterocycles. The summed E-state index contributed by atoms with van der Waals surface area (Å²) in [6.45, 7) is 3.41. The van der Waals surface area contributed by atoms with Gasteiger partial charge in [0.15, 0.2) is 5.82 Å². The van der Waals surface area contributed by atoms with Gasteiger partial charge >= 0.3 is 0 Å². The third-order valence-corrected chi connectivity index (χ3v) is 3.89. The molecule has 1 aromatic heterocycles. The molecule has 1 aromatic carbocycles. The zero-order valence-corrected chi connectivity index (χ0v) is 13.6. The van der Waals surface area contributed by atoms with Gasteiger partial charge < -0.3 is 15.5 Å². The fourth-order valence-corrected chi connectivity index (χ4v) is 2.57. The lowest BCUT2D eigenvalue weighted by molar-refractivity contribution is 0.0746. The highest BCUT2D eigenvalue weighted by Crippen LogP contribution is 2.14. The molecule has 0 atom stereocenters. The molecule has 3 rings (SSSR count). The van der Waals surface area contributed by atoms with Crippen LogP contribution in [0.4, 0.5) is 5.82 Å². The van der Waals surface area contributed by atoms with E-state index in [1.54, 1.807) is 6.20 Å². The van der Waals surface area contributed by atoms with Crippen molar-refractivity contribution in [3.05, 3.63) is 53.7 Å². The summed E-state index contributed by atoms with van der Waals surface area (Å²) in [5.74, 6) is 0.935. The van der Waals surface area contributed by atoms with Crippen molar-refractivity contribution in [2.75, 3.05) is 31.1 Å². The maximum Gasteiger partial charge on any atom is 0.253 e. The van der Waals surface area contributed by atoms with E-state index in [1.807, 2.05) is 41.3 Å². The smallest absolute Gasteiger partial charge is 0.253 e. The van der Waals surface area contributed by atoms with Gasteiger partial charge in [-0.1, -0.05) is 12.1 Å². The number of anilines is 1. The summed E-state index contributed by atoms with van der Waals surface area (Å²) in [4.78, 5) is 16.5. The Morgan fingerprint density at radius 3 is 2.35 bits per heavy atom. The van der Waals surface area contributed by atoms with Crippen LogP contribution in [0.25, 0.3) is 0 Å². The number of nitrogens with zero attached hydrogens (tertiary/aromatic N) is 4. The number of benzene rings is 1. The monoisotopic (exact) mass is 333 g/mol. The quantitative estimate of drug-likeness (QED) is 0.917. The van der Waals surface area contributed by atoms with Gasteiger partial charge in [-0.15, -0.1) is 17.5 Å². The minimum Gasteiger partial charge on any atom is -0.352 e. The standard InChI is InChI=1S/C16H19N5O.ClH/c17-12-13-3-5-14(6-4-13)16(22)21-10-8-20(9-11-21)15-2-1-7-18-19-15;/h1-7H,8-12,17H2;1H. The predicted octanol–water partition coefficient (Wildman–Crippen LogP) is 1.32. The molecule has 2 aromatic rings. The second-order valence-electron chi connectivity index (χ2n) is 5.26. The lowest BCUT2D eigenvalue weighted by Crippen LogP contribution is -2.49. The second-order valence-corrected chi connectivity index (χ2v) is 5.26. The van der Waals surface area contributed by atoms with E-state index in [0.717, 1.165) is 24.5 Å². The molecular weight excluding hydrogens is 314 g/mol. The lowest BCUT2D eigenvalue weighted by atomic mass is 10.1. The van der Waals surface area contributed by atoms with Crippen LogP contribution in [-0.2, 0) is 6.54 Å². The van der Waals surface area contributed by atoms with Crippen molar-refractivity contribution >= 4 is 24.1 Å². The fourth-order valence-electron chi connectivity index (χ4n) is 2.57. The molecule has 0 saturated carbocycles. The highest BCUT2D eigenvalue weighted by molar-refractivity contribution is 5.94. The van der Waals surface area contributed by atoms with Crippen LogP contribution in [0.5, 0.6) is 0 Å². The molecule has 0 aliphatic carbocycles. The molecule has 6 nitrogen and oxygen atoms in total. The first-order chi connectivity index (χ1) is 10.8. The Labute approximate surface area is 141 Å². The molecule has 1 amide bonds. The highest BCUT2D eigenvalue weighted by atomic mass is 35.5. The van der Waals surface area contributed by atoms with E-state index in [-0.39, 0.29) is 18.3 Å². The number of hydrogen-bond acceptors (Lipinski definition) is 5. The largest absolute Gasteiger partial charge is 0.352 e. The van der Waals surface area contributed by atoms with Crippen LogP contribution < -0.4 is 10.6 Å². The molecular formula is C16H20ClN5O. The molecule has 1 fully saturated rings. The molecule has 122 valence electrons. The van der Waals surface area contributed by atoms with E-state index < -0.39 is 0 Å². The van der Waals surface area contributed by atoms with Gasteiger partial charge in [-0.2, -0.15) is 5.10 Å². The molecule has 23 heavy (non-hydrogen) atoms. The molecule has 0 bridgehead atoms. The van der Waals surface area contributed by atoms with Gasteiger partial charge in [-0.25, -0.2) is 0 Å². The third kappa shape index (κ3) is 3.97. The Hall–Kier alpha value is -2.18. The lowest BCUT2D eigenvalue weighted by Gasteiger charge is -2.35. The Bertz CT molecular complexity index is 627. The number of hydrogen-bond donors (Lipinski definition) is 1. The average Bonchev–Trinajstić information content (AvgIpc) is 2.62. The van der Waals surface area contributed by atoms with Gasteiger partial charge in [0, 0.05) is 44.5 Å². The number of aromatic nitrogens is 2. The van der Waals surface area contributed by atoms with Crippen molar-refractivity contribution in [1.82, 2.24) is 15.1 Å². The van der Waals surface area contributed by atoms with Gasteiger partial charge in [-0.05, 0) is 29.8 Å². The number of nitrogens with two attached hydrogens (primary N) is 1. The van der Waals surface area contributed by atoms with Crippen LogP contribution in [0.2, 0.25) is 0 Å². The topological polar surface area (TPSA) is 75.4 Å². The molecule has 0 spiro atoms. The Kier molecular flexibility index (Phi) is 5.90. The van der Waals surface area contributed by atoms with E-state index >= 15 is 0 Å². The number of rotatable bonds is 3. The van der Waals surface area contributed by atoms with Crippen molar-refractivity contribution in [3.63, 3.8) is 0 Å². The number of carbonyl (C=O) groups is 1. The normalized spacial score (nSPS) is 14.3. The van der Waals surface area contributed by atoms with E-state index in [9.17, 15) is 4.79 Å². The first-order valence-corrected chi connectivity index (χ1v) is 7.39. The summed E-state index contributed by atoms with van der Waals surface area (Å²) in [6.07, 6.45) is 1.66. The van der Waals surface area contributed by atoms with Gasteiger partial charge in [0.1, 0.15) is 0 Å². The fraction of sp³-hybridized carbons (Fsp3) is 0.312. The van der Waals surface area contributed by atoms with E-state index in [4.69, 9.17) is 5.73 Å². The molecule has 0 unspecified atom stereocenters. The summed E-state index contributed by atoms with van der Waals surface area (Å²) in [6, 6.07) is 11.3. The van der Waals surface area contributed by atoms with Crippen LogP contribution >= 0.6 is 12.4 Å². The maximum absolute atomic E-state index is 12.5. The predicted molar refractivity (Wildman–Crippen MR) is 91.7 cm³/mol. The number of piperazine rings is 1. The number of amides is 1. The minimum atomic E-state index is 0. The van der Waals surface area contributed by atoms with Crippen molar-refractivity contribution in [2.24, 2.45) is 5.73 Å². The van der Waals surface area contributed by atoms with Crippen LogP contribution in [0.15, 0.2) is 42.6 Å². The molecule has 2 N–H and O–H groups in total. The summed E-state index contributed by atoms with van der Waals surface area (Å²) in [5, 5.41) is 8.01. The first-order valence-electron chi connectivity index (χ1n) is 7.39. The van der Waals surface area contributed by atoms with E-state index in [0.29, 0.717) is 25.2 Å². The highest BCUT2D eigenvalue weighted by Gasteiger charge is 2.22. The molecule has 1 aliphatic heterocycles. The van der Waals surface area contributed by atoms with Crippen LogP contribution in [0, 0.1) is 0 Å². The van der Waals surface area contributed by atoms with Gasteiger partial charge in [0.25, 0.3) is 5.91 Å². The summed E-state index contributed by atoms with van der Waals surface area (Å²) in [7, 11) is 0. The van der Waals surface area contributed by atoms with Crippen LogP contribution in [0.1, 0.15) is 15.9 Å². The molecule has 0 radical (unpaired) electrons. The summed E-state index contributed by atoms with van der Waals surface area (Å²) >= 11 is 0. The molecule has 1 aliphatic rings. The summed E-state index contributed by atoms with van der Waals surface area (Å²) < 4.78 is 0. The van der Waals surface area contributed by atoms with E-state index in [2.05, 4.69) is 15.1 Å². The van der Waals surface area contributed by atoms with Crippen LogP contribution in [0.3, 0.4) is 0 Å². The third-order valence-electron chi connectivity index (χ3n) is 3.89. The van der Waals surface area contributed by atoms with Gasteiger partial charge in [-0.3, -0.25) is 4.79 Å². The average molecular weight is 334 g/mol. The van der Waals surface area contributed by atoms with Gasteiger partial charge in [0.05, 0.1) is 0 Å².